The van der Waals surface area contributed by atoms with Gasteiger partial charge in [0.2, 0.25) is 0 Å². The number of hydrogen-bond acceptors (Lipinski definition) is 2. The van der Waals surface area contributed by atoms with Crippen molar-refractivity contribution in [3.8, 4) is 0 Å². The van der Waals surface area contributed by atoms with Gasteiger partial charge < -0.3 is 5.11 Å². The van der Waals surface area contributed by atoms with Crippen LogP contribution in [0.25, 0.3) is 0 Å². The number of carboxylic acid groups (broad SMARTS) is 1. The Morgan fingerprint density at radius 1 is 1.39 bits per heavy atom. The van der Waals surface area contributed by atoms with E-state index in [1.807, 2.05) is 18.2 Å². The molecule has 2 rings (SSSR count). The molecule has 1 saturated heterocycles. The Hall–Kier alpha value is -1.35. The number of hydrogen-bond donors (Lipinski definition) is 1. The number of piperidine rings is 1. The topological polar surface area (TPSA) is 40.5 Å². The zero-order valence-electron chi connectivity index (χ0n) is 11.1. The van der Waals surface area contributed by atoms with E-state index in [1.54, 1.807) is 0 Å². The van der Waals surface area contributed by atoms with Gasteiger partial charge in [0, 0.05) is 13.1 Å². The molecule has 1 unspecified atom stereocenters. The second-order valence-electron chi connectivity index (χ2n) is 5.86. The molecule has 3 heteroatoms. The maximum atomic E-state index is 11.2. The number of carboxylic acids is 1. The Kier molecular flexibility index (Phi) is 3.71. The molecule has 0 aliphatic carbocycles. The van der Waals surface area contributed by atoms with Gasteiger partial charge in [-0.15, -0.1) is 0 Å². The third-order valence-corrected chi connectivity index (χ3v) is 3.86. The van der Waals surface area contributed by atoms with E-state index in [0.29, 0.717) is 0 Å². The van der Waals surface area contributed by atoms with Crippen molar-refractivity contribution in [2.45, 2.75) is 26.8 Å². The summed E-state index contributed by atoms with van der Waals surface area (Å²) < 4.78 is 0. The molecular weight excluding hydrogens is 226 g/mol. The van der Waals surface area contributed by atoms with E-state index in [1.165, 1.54) is 5.56 Å². The van der Waals surface area contributed by atoms with Crippen molar-refractivity contribution >= 4 is 5.97 Å². The Balaban J connectivity index is 2.01. The zero-order valence-corrected chi connectivity index (χ0v) is 11.1. The van der Waals surface area contributed by atoms with Crippen LogP contribution in [-0.2, 0) is 11.3 Å². The third kappa shape index (κ3) is 2.91. The summed E-state index contributed by atoms with van der Waals surface area (Å²) >= 11 is 0. The molecule has 1 heterocycles. The summed E-state index contributed by atoms with van der Waals surface area (Å²) in [7, 11) is 0. The van der Waals surface area contributed by atoms with E-state index >= 15 is 0 Å². The van der Waals surface area contributed by atoms with E-state index in [0.717, 1.165) is 26.1 Å². The van der Waals surface area contributed by atoms with Crippen LogP contribution in [0.2, 0.25) is 0 Å². The minimum atomic E-state index is -0.653. The van der Waals surface area contributed by atoms with Gasteiger partial charge in [-0.2, -0.15) is 0 Å². The molecular formula is C15H21NO2. The van der Waals surface area contributed by atoms with Crippen LogP contribution in [0.4, 0.5) is 0 Å². The Labute approximate surface area is 108 Å². The smallest absolute Gasteiger partial charge is 0.307 e. The van der Waals surface area contributed by atoms with Crippen LogP contribution >= 0.6 is 0 Å². The third-order valence-electron chi connectivity index (χ3n) is 3.86. The highest BCUT2D eigenvalue weighted by Crippen LogP contribution is 2.35. The first kappa shape index (κ1) is 13.1. The first-order chi connectivity index (χ1) is 8.49. The summed E-state index contributed by atoms with van der Waals surface area (Å²) in [6.07, 6.45) is 0.745. The summed E-state index contributed by atoms with van der Waals surface area (Å²) in [6, 6.07) is 10.4. The van der Waals surface area contributed by atoms with E-state index < -0.39 is 5.97 Å². The average Bonchev–Trinajstić information content (AvgIpc) is 2.28. The minimum Gasteiger partial charge on any atom is -0.481 e. The second kappa shape index (κ2) is 5.11. The lowest BCUT2D eigenvalue weighted by Gasteiger charge is -2.42. The van der Waals surface area contributed by atoms with Gasteiger partial charge in [0.1, 0.15) is 0 Å². The van der Waals surface area contributed by atoms with Crippen molar-refractivity contribution in [3.05, 3.63) is 35.9 Å². The lowest BCUT2D eigenvalue weighted by molar-refractivity contribution is -0.149. The molecule has 0 radical (unpaired) electrons. The van der Waals surface area contributed by atoms with Gasteiger partial charge in [-0.25, -0.2) is 0 Å². The lowest BCUT2D eigenvalue weighted by atomic mass is 9.74. The predicted octanol–water partition coefficient (Wildman–Crippen LogP) is 2.62. The normalized spacial score (nSPS) is 23.8. The molecule has 0 spiro atoms. The number of aliphatic carboxylic acids is 1. The molecule has 1 fully saturated rings. The molecule has 1 aromatic carbocycles. The molecule has 98 valence electrons. The quantitative estimate of drug-likeness (QED) is 0.892. The van der Waals surface area contributed by atoms with Gasteiger partial charge in [0.05, 0.1) is 5.92 Å². The van der Waals surface area contributed by atoms with E-state index in [9.17, 15) is 9.90 Å². The van der Waals surface area contributed by atoms with Crippen LogP contribution in [-0.4, -0.2) is 29.1 Å². The van der Waals surface area contributed by atoms with E-state index in [-0.39, 0.29) is 11.3 Å². The molecule has 3 nitrogen and oxygen atoms in total. The van der Waals surface area contributed by atoms with Gasteiger partial charge in [0.15, 0.2) is 0 Å². The number of rotatable bonds is 3. The maximum Gasteiger partial charge on any atom is 0.307 e. The SMILES string of the molecule is CC1(C)CN(Cc2ccccc2)CCC1C(=O)O. The molecule has 1 aliphatic rings. The molecule has 0 amide bonds. The molecule has 1 aliphatic heterocycles. The number of nitrogens with zero attached hydrogens (tertiary/aromatic N) is 1. The predicted molar refractivity (Wildman–Crippen MR) is 71.2 cm³/mol. The minimum absolute atomic E-state index is 0.154. The first-order valence-electron chi connectivity index (χ1n) is 6.48. The van der Waals surface area contributed by atoms with Crippen molar-refractivity contribution in [1.29, 1.82) is 0 Å². The fourth-order valence-electron chi connectivity index (χ4n) is 2.90. The Bertz CT molecular complexity index is 414. The van der Waals surface area contributed by atoms with Crippen LogP contribution in [0, 0.1) is 11.3 Å². The monoisotopic (exact) mass is 247 g/mol. The van der Waals surface area contributed by atoms with Crippen LogP contribution in [0.15, 0.2) is 30.3 Å². The number of likely N-dealkylation sites (tertiary alicyclic amines) is 1. The highest BCUT2D eigenvalue weighted by Gasteiger charge is 2.39. The molecule has 18 heavy (non-hydrogen) atoms. The van der Waals surface area contributed by atoms with Crippen molar-refractivity contribution < 1.29 is 9.90 Å². The second-order valence-corrected chi connectivity index (χ2v) is 5.86. The fourth-order valence-corrected chi connectivity index (χ4v) is 2.90. The van der Waals surface area contributed by atoms with Gasteiger partial charge in [-0.1, -0.05) is 44.2 Å². The van der Waals surface area contributed by atoms with Crippen LogP contribution in [0.1, 0.15) is 25.8 Å². The Morgan fingerprint density at radius 2 is 2.06 bits per heavy atom. The van der Waals surface area contributed by atoms with Crippen LogP contribution in [0.3, 0.4) is 0 Å². The van der Waals surface area contributed by atoms with Crippen molar-refractivity contribution in [2.75, 3.05) is 13.1 Å². The molecule has 1 atom stereocenters. The van der Waals surface area contributed by atoms with Gasteiger partial charge in [-0.3, -0.25) is 9.69 Å². The van der Waals surface area contributed by atoms with Crippen LogP contribution < -0.4 is 0 Å². The van der Waals surface area contributed by atoms with Crippen molar-refractivity contribution in [1.82, 2.24) is 4.90 Å². The van der Waals surface area contributed by atoms with Crippen LogP contribution in [0.5, 0.6) is 0 Å². The largest absolute Gasteiger partial charge is 0.481 e. The summed E-state index contributed by atoms with van der Waals surface area (Å²) in [4.78, 5) is 13.6. The van der Waals surface area contributed by atoms with Gasteiger partial charge in [0.25, 0.3) is 0 Å². The zero-order chi connectivity index (χ0) is 13.2. The van der Waals surface area contributed by atoms with Crippen molar-refractivity contribution in [3.63, 3.8) is 0 Å². The summed E-state index contributed by atoms with van der Waals surface area (Å²) in [6.45, 7) is 6.75. The van der Waals surface area contributed by atoms with Gasteiger partial charge >= 0.3 is 5.97 Å². The average molecular weight is 247 g/mol. The molecule has 0 aromatic heterocycles. The first-order valence-corrected chi connectivity index (χ1v) is 6.48. The summed E-state index contributed by atoms with van der Waals surface area (Å²) in [5.74, 6) is -0.871. The number of carbonyl (C=O) groups is 1. The molecule has 1 aromatic rings. The van der Waals surface area contributed by atoms with E-state index in [4.69, 9.17) is 0 Å². The van der Waals surface area contributed by atoms with Gasteiger partial charge in [-0.05, 0) is 23.9 Å². The summed E-state index contributed by atoms with van der Waals surface area (Å²) in [5.41, 5.74) is 1.14. The standard InChI is InChI=1S/C15H21NO2/c1-15(2)11-16(9-8-13(15)14(17)18)10-12-6-4-3-5-7-12/h3-7,13H,8-11H2,1-2H3,(H,17,18). The lowest BCUT2D eigenvalue weighted by Crippen LogP contribution is -2.47. The number of benzene rings is 1. The molecule has 0 saturated carbocycles. The fraction of sp³-hybridized carbons (Fsp3) is 0.533. The van der Waals surface area contributed by atoms with Crippen molar-refractivity contribution in [2.24, 2.45) is 11.3 Å². The molecule has 1 N–H and O–H groups in total. The maximum absolute atomic E-state index is 11.2. The highest BCUT2D eigenvalue weighted by molar-refractivity contribution is 5.71. The highest BCUT2D eigenvalue weighted by atomic mass is 16.4. The summed E-state index contributed by atoms with van der Waals surface area (Å²) in [5, 5.41) is 9.23. The Morgan fingerprint density at radius 3 is 2.61 bits per heavy atom. The van der Waals surface area contributed by atoms with E-state index in [2.05, 4.69) is 30.9 Å². The molecule has 0 bridgehead atoms.